The number of halogens is 1. The molecule has 1 rings (SSSR count). The molecule has 0 spiro atoms. The Balaban J connectivity index is 2.87. The molecule has 0 aromatic carbocycles. The van der Waals surface area contributed by atoms with Crippen molar-refractivity contribution in [2.45, 2.75) is 20.3 Å². The second kappa shape index (κ2) is 4.10. The van der Waals surface area contributed by atoms with Gasteiger partial charge in [-0.15, -0.1) is 0 Å². The topological polar surface area (TPSA) is 15.8 Å². The molecule has 0 unspecified atom stereocenters. The van der Waals surface area contributed by atoms with Crippen LogP contribution in [-0.4, -0.2) is 11.7 Å². The Morgan fingerprint density at radius 3 is 2.83 bits per heavy atom. The zero-order chi connectivity index (χ0) is 8.97. The smallest absolute Gasteiger partial charge is 0.108 e. The number of allylic oxidation sites excluding steroid dienone is 1. The van der Waals surface area contributed by atoms with Gasteiger partial charge in [0.2, 0.25) is 0 Å². The van der Waals surface area contributed by atoms with Crippen LogP contribution in [0.25, 0.3) is 6.08 Å². The fourth-order valence-corrected chi connectivity index (χ4v) is 1.26. The zero-order valence-electron chi connectivity index (χ0n) is 7.52. The van der Waals surface area contributed by atoms with E-state index in [0.717, 1.165) is 12.1 Å². The van der Waals surface area contributed by atoms with Crippen LogP contribution in [0, 0.1) is 6.92 Å². The molecule has 66 valence electrons. The van der Waals surface area contributed by atoms with Crippen LogP contribution >= 0.6 is 0 Å². The highest BCUT2D eigenvalue weighted by atomic mass is 19.1. The molecule has 1 N–H and O–H groups in total. The summed E-state index contributed by atoms with van der Waals surface area (Å²) in [5, 5.41) is 0. The Kier molecular flexibility index (Phi) is 3.09. The standard InChI is InChI=1S/C10H14FN/c1-3-9-7-12-10(8(9)2)5-4-6-11/h4-5,7,12H,3,6H2,1-2H3/b5-4-. The summed E-state index contributed by atoms with van der Waals surface area (Å²) < 4.78 is 11.8. The maximum absolute atomic E-state index is 11.8. The molecule has 0 aliphatic carbocycles. The van der Waals surface area contributed by atoms with Crippen molar-refractivity contribution < 1.29 is 4.39 Å². The van der Waals surface area contributed by atoms with E-state index in [2.05, 4.69) is 11.9 Å². The summed E-state index contributed by atoms with van der Waals surface area (Å²) in [5.41, 5.74) is 3.54. The number of rotatable bonds is 3. The quantitative estimate of drug-likeness (QED) is 0.712. The lowest BCUT2D eigenvalue weighted by Gasteiger charge is -1.93. The van der Waals surface area contributed by atoms with Gasteiger partial charge in [-0.1, -0.05) is 13.0 Å². The first kappa shape index (κ1) is 9.04. The van der Waals surface area contributed by atoms with Crippen LogP contribution < -0.4 is 0 Å². The van der Waals surface area contributed by atoms with E-state index in [0.29, 0.717) is 0 Å². The van der Waals surface area contributed by atoms with E-state index in [1.807, 2.05) is 13.1 Å². The van der Waals surface area contributed by atoms with Crippen LogP contribution in [0.1, 0.15) is 23.7 Å². The number of nitrogens with one attached hydrogen (secondary N) is 1. The summed E-state index contributed by atoms with van der Waals surface area (Å²) in [6.07, 6.45) is 6.30. The largest absolute Gasteiger partial charge is 0.361 e. The van der Waals surface area contributed by atoms with Gasteiger partial charge in [0.05, 0.1) is 0 Å². The monoisotopic (exact) mass is 167 g/mol. The lowest BCUT2D eigenvalue weighted by molar-refractivity contribution is 0.563. The molecule has 0 amide bonds. The van der Waals surface area contributed by atoms with E-state index in [1.165, 1.54) is 17.2 Å². The summed E-state index contributed by atoms with van der Waals surface area (Å²) in [4.78, 5) is 3.11. The average molecular weight is 167 g/mol. The molecular formula is C10H14FN. The predicted octanol–water partition coefficient (Wildman–Crippen LogP) is 2.87. The van der Waals surface area contributed by atoms with E-state index in [9.17, 15) is 4.39 Å². The first-order valence-electron chi connectivity index (χ1n) is 4.19. The number of aromatic nitrogens is 1. The molecule has 1 aromatic heterocycles. The van der Waals surface area contributed by atoms with E-state index < -0.39 is 6.67 Å². The van der Waals surface area contributed by atoms with Crippen LogP contribution in [-0.2, 0) is 6.42 Å². The van der Waals surface area contributed by atoms with Crippen molar-refractivity contribution in [3.8, 4) is 0 Å². The third kappa shape index (κ3) is 1.76. The fourth-order valence-electron chi connectivity index (χ4n) is 1.26. The van der Waals surface area contributed by atoms with Crippen LogP contribution in [0.3, 0.4) is 0 Å². The second-order valence-electron chi connectivity index (χ2n) is 2.76. The highest BCUT2D eigenvalue weighted by Gasteiger charge is 2.00. The molecule has 0 atom stereocenters. The van der Waals surface area contributed by atoms with Crippen molar-refractivity contribution in [3.05, 3.63) is 29.1 Å². The summed E-state index contributed by atoms with van der Waals surface area (Å²) in [6.45, 7) is 3.76. The maximum atomic E-state index is 11.8. The van der Waals surface area contributed by atoms with E-state index >= 15 is 0 Å². The number of hydrogen-bond donors (Lipinski definition) is 1. The molecule has 0 aliphatic rings. The summed E-state index contributed by atoms with van der Waals surface area (Å²) in [5.74, 6) is 0. The fraction of sp³-hybridized carbons (Fsp3) is 0.400. The molecule has 2 heteroatoms. The zero-order valence-corrected chi connectivity index (χ0v) is 7.52. The van der Waals surface area contributed by atoms with E-state index in [4.69, 9.17) is 0 Å². The molecular weight excluding hydrogens is 153 g/mol. The summed E-state index contributed by atoms with van der Waals surface area (Å²) in [7, 11) is 0. The van der Waals surface area contributed by atoms with Crippen LogP contribution in [0.5, 0.6) is 0 Å². The molecule has 0 bridgehead atoms. The molecule has 1 nitrogen and oxygen atoms in total. The minimum atomic E-state index is -0.403. The van der Waals surface area contributed by atoms with Crippen LogP contribution in [0.4, 0.5) is 4.39 Å². The molecule has 1 heterocycles. The molecule has 0 saturated heterocycles. The Hall–Kier alpha value is -1.05. The van der Waals surface area contributed by atoms with Crippen molar-refractivity contribution >= 4 is 6.08 Å². The summed E-state index contributed by atoms with van der Waals surface area (Å²) in [6, 6.07) is 0. The lowest BCUT2D eigenvalue weighted by atomic mass is 10.1. The molecule has 0 aliphatic heterocycles. The van der Waals surface area contributed by atoms with E-state index in [1.54, 1.807) is 6.08 Å². The highest BCUT2D eigenvalue weighted by Crippen LogP contribution is 2.14. The minimum absolute atomic E-state index is 0.403. The Labute approximate surface area is 72.3 Å². The Morgan fingerprint density at radius 1 is 1.58 bits per heavy atom. The first-order valence-corrected chi connectivity index (χ1v) is 4.19. The van der Waals surface area contributed by atoms with Crippen molar-refractivity contribution in [2.24, 2.45) is 0 Å². The number of H-pyrrole nitrogens is 1. The van der Waals surface area contributed by atoms with Crippen molar-refractivity contribution in [1.29, 1.82) is 0 Å². The molecule has 0 saturated carbocycles. The van der Waals surface area contributed by atoms with Gasteiger partial charge >= 0.3 is 0 Å². The molecule has 1 aromatic rings. The van der Waals surface area contributed by atoms with E-state index in [-0.39, 0.29) is 0 Å². The van der Waals surface area contributed by atoms with Gasteiger partial charge in [0.25, 0.3) is 0 Å². The van der Waals surface area contributed by atoms with Gasteiger partial charge in [0, 0.05) is 11.9 Å². The average Bonchev–Trinajstić information content (AvgIpc) is 2.43. The van der Waals surface area contributed by atoms with Gasteiger partial charge in [-0.25, -0.2) is 4.39 Å². The van der Waals surface area contributed by atoms with Crippen molar-refractivity contribution in [1.82, 2.24) is 4.98 Å². The molecule has 0 radical (unpaired) electrons. The van der Waals surface area contributed by atoms with Crippen molar-refractivity contribution in [2.75, 3.05) is 6.67 Å². The highest BCUT2D eigenvalue weighted by molar-refractivity contribution is 5.51. The first-order chi connectivity index (χ1) is 5.79. The van der Waals surface area contributed by atoms with Gasteiger partial charge in [-0.3, -0.25) is 0 Å². The second-order valence-corrected chi connectivity index (χ2v) is 2.76. The summed E-state index contributed by atoms with van der Waals surface area (Å²) >= 11 is 0. The number of alkyl halides is 1. The third-order valence-electron chi connectivity index (χ3n) is 2.04. The Bertz CT molecular complexity index is 273. The molecule has 0 fully saturated rings. The Morgan fingerprint density at radius 2 is 2.33 bits per heavy atom. The normalized spacial score (nSPS) is 11.2. The van der Waals surface area contributed by atoms with Gasteiger partial charge in [0.15, 0.2) is 0 Å². The number of hydrogen-bond acceptors (Lipinski definition) is 0. The number of aryl methyl sites for hydroxylation is 1. The minimum Gasteiger partial charge on any atom is -0.361 e. The third-order valence-corrected chi connectivity index (χ3v) is 2.04. The number of aromatic amines is 1. The van der Waals surface area contributed by atoms with Gasteiger partial charge < -0.3 is 4.98 Å². The van der Waals surface area contributed by atoms with Crippen LogP contribution in [0.2, 0.25) is 0 Å². The van der Waals surface area contributed by atoms with Gasteiger partial charge in [0.1, 0.15) is 6.67 Å². The molecule has 12 heavy (non-hydrogen) atoms. The predicted molar refractivity (Wildman–Crippen MR) is 49.9 cm³/mol. The maximum Gasteiger partial charge on any atom is 0.108 e. The SMILES string of the molecule is CCc1c[nH]c(/C=C\CF)c1C. The van der Waals surface area contributed by atoms with Crippen molar-refractivity contribution in [3.63, 3.8) is 0 Å². The lowest BCUT2D eigenvalue weighted by Crippen LogP contribution is -1.80. The van der Waals surface area contributed by atoms with Gasteiger partial charge in [-0.05, 0) is 30.5 Å². The van der Waals surface area contributed by atoms with Gasteiger partial charge in [-0.2, -0.15) is 0 Å². The van der Waals surface area contributed by atoms with Crippen LogP contribution in [0.15, 0.2) is 12.3 Å².